The van der Waals surface area contributed by atoms with Crippen LogP contribution in [0.25, 0.3) is 32.9 Å². The number of pyridine rings is 1. The summed E-state index contributed by atoms with van der Waals surface area (Å²) in [4.78, 5) is 8.72. The number of hydrogen-bond acceptors (Lipinski definition) is 8. The second kappa shape index (κ2) is 9.47. The van der Waals surface area contributed by atoms with Crippen LogP contribution in [0.4, 0.5) is 0 Å². The van der Waals surface area contributed by atoms with Gasteiger partial charge in [-0.25, -0.2) is 4.98 Å². The molecule has 0 radical (unpaired) electrons. The number of fused-ring (bicyclic) bond motifs is 1. The molecule has 1 N–H and O–H groups in total. The summed E-state index contributed by atoms with van der Waals surface area (Å²) >= 11 is 2.69. The molecule has 5 rings (SSSR count). The van der Waals surface area contributed by atoms with Crippen LogP contribution in [0.2, 0.25) is 0 Å². The molecule has 0 bridgehead atoms. The van der Waals surface area contributed by atoms with Gasteiger partial charge < -0.3 is 5.11 Å². The number of allylic oxidation sites excluding steroid dienone is 1. The summed E-state index contributed by atoms with van der Waals surface area (Å²) in [7, 11) is 0. The number of para-hydroxylation sites is 2. The van der Waals surface area contributed by atoms with Crippen LogP contribution in [0, 0.1) is 18.3 Å². The third-order valence-electron chi connectivity index (χ3n) is 5.16. The van der Waals surface area contributed by atoms with Crippen molar-refractivity contribution < 1.29 is 5.11 Å². The van der Waals surface area contributed by atoms with Gasteiger partial charge in [-0.3, -0.25) is 9.55 Å². The highest BCUT2D eigenvalue weighted by atomic mass is 32.2. The van der Waals surface area contributed by atoms with Gasteiger partial charge in [-0.05, 0) is 42.8 Å². The van der Waals surface area contributed by atoms with E-state index in [9.17, 15) is 10.4 Å². The van der Waals surface area contributed by atoms with Crippen molar-refractivity contribution in [3.8, 4) is 23.1 Å². The Labute approximate surface area is 204 Å². The lowest BCUT2D eigenvalue weighted by molar-refractivity contribution is 0.420. The van der Waals surface area contributed by atoms with Gasteiger partial charge in [-0.1, -0.05) is 42.1 Å². The molecule has 0 saturated heterocycles. The number of hydrogen-bond donors (Lipinski definition) is 1. The van der Waals surface area contributed by atoms with Crippen molar-refractivity contribution >= 4 is 38.9 Å². The largest absolute Gasteiger partial charge is 0.510 e. The van der Waals surface area contributed by atoms with Gasteiger partial charge >= 0.3 is 0 Å². The van der Waals surface area contributed by atoms with Crippen molar-refractivity contribution in [2.45, 2.75) is 12.1 Å². The number of benzene rings is 2. The number of aliphatic hydroxyl groups is 1. The summed E-state index contributed by atoms with van der Waals surface area (Å²) in [6.07, 6.45) is 3.45. The fourth-order valence-corrected chi connectivity index (χ4v) is 5.30. The first-order chi connectivity index (χ1) is 16.7. The first-order valence-electron chi connectivity index (χ1n) is 10.4. The van der Waals surface area contributed by atoms with Gasteiger partial charge in [-0.15, -0.1) is 21.5 Å². The number of thioether (sulfide) groups is 1. The van der Waals surface area contributed by atoms with Crippen LogP contribution in [0.15, 0.2) is 84.0 Å². The maximum absolute atomic E-state index is 10.8. The molecule has 0 aliphatic heterocycles. The molecule has 0 aliphatic rings. The standard InChI is InChI=1S/C25H18N6OS2/c1-16-7-2-4-10-20(16)31-23(17-8-6-12-27-14-17)29-30-25(31)33-15-21(32)18(13-26)24-28-19-9-3-5-11-22(19)34-24/h2-12,14,32H,15H2,1H3. The Bertz CT molecular complexity index is 1520. The topological polar surface area (TPSA) is 101 Å². The minimum Gasteiger partial charge on any atom is -0.510 e. The van der Waals surface area contributed by atoms with E-state index in [2.05, 4.69) is 26.2 Å². The van der Waals surface area contributed by atoms with Gasteiger partial charge in [0.25, 0.3) is 0 Å². The molecule has 0 saturated carbocycles. The zero-order valence-electron chi connectivity index (χ0n) is 18.1. The maximum Gasteiger partial charge on any atom is 0.196 e. The summed E-state index contributed by atoms with van der Waals surface area (Å²) in [6, 6.07) is 21.5. The molecule has 3 heterocycles. The number of nitriles is 1. The monoisotopic (exact) mass is 482 g/mol. The number of thiazole rings is 1. The predicted molar refractivity (Wildman–Crippen MR) is 135 cm³/mol. The molecule has 0 fully saturated rings. The molecule has 0 unspecified atom stereocenters. The van der Waals surface area contributed by atoms with Crippen LogP contribution in [0.3, 0.4) is 0 Å². The van der Waals surface area contributed by atoms with Crippen molar-refractivity contribution in [1.82, 2.24) is 24.7 Å². The molecule has 0 aliphatic carbocycles. The maximum atomic E-state index is 10.8. The van der Waals surface area contributed by atoms with Gasteiger partial charge in [0.2, 0.25) is 0 Å². The summed E-state index contributed by atoms with van der Waals surface area (Å²) in [5.74, 6) is 0.754. The lowest BCUT2D eigenvalue weighted by atomic mass is 10.2. The van der Waals surface area contributed by atoms with Gasteiger partial charge in [0.15, 0.2) is 11.0 Å². The van der Waals surface area contributed by atoms with Gasteiger partial charge in [0.05, 0.1) is 21.7 Å². The first kappa shape index (κ1) is 21.8. The Hall–Kier alpha value is -4.00. The minimum absolute atomic E-state index is 0.0474. The Balaban J connectivity index is 1.51. The molecule has 2 aromatic carbocycles. The molecule has 0 atom stereocenters. The van der Waals surface area contributed by atoms with E-state index in [1.54, 1.807) is 12.4 Å². The van der Waals surface area contributed by atoms with Crippen LogP contribution in [-0.4, -0.2) is 35.6 Å². The average Bonchev–Trinajstić information content (AvgIpc) is 3.48. The van der Waals surface area contributed by atoms with E-state index in [4.69, 9.17) is 0 Å². The lowest BCUT2D eigenvalue weighted by Gasteiger charge is -2.12. The van der Waals surface area contributed by atoms with Crippen molar-refractivity contribution in [3.63, 3.8) is 0 Å². The molecule has 34 heavy (non-hydrogen) atoms. The summed E-state index contributed by atoms with van der Waals surface area (Å²) in [5.41, 5.74) is 3.79. The van der Waals surface area contributed by atoms with E-state index in [1.165, 1.54) is 23.1 Å². The highest BCUT2D eigenvalue weighted by Gasteiger charge is 2.20. The normalized spacial score (nSPS) is 11.9. The van der Waals surface area contributed by atoms with Crippen molar-refractivity contribution in [1.29, 1.82) is 5.26 Å². The van der Waals surface area contributed by atoms with Crippen LogP contribution in [0.5, 0.6) is 0 Å². The number of aromatic nitrogens is 5. The number of nitrogens with zero attached hydrogens (tertiary/aromatic N) is 6. The van der Waals surface area contributed by atoms with E-state index in [-0.39, 0.29) is 17.1 Å². The summed E-state index contributed by atoms with van der Waals surface area (Å²) in [6.45, 7) is 2.02. The fraction of sp³-hybridized carbons (Fsp3) is 0.0800. The van der Waals surface area contributed by atoms with Crippen molar-refractivity contribution in [3.05, 3.63) is 89.4 Å². The van der Waals surface area contributed by atoms with Crippen molar-refractivity contribution in [2.24, 2.45) is 0 Å². The number of aryl methyl sites for hydroxylation is 1. The number of aliphatic hydroxyl groups excluding tert-OH is 1. The fourth-order valence-electron chi connectivity index (χ4n) is 3.50. The van der Waals surface area contributed by atoms with Gasteiger partial charge in [0, 0.05) is 18.0 Å². The van der Waals surface area contributed by atoms with Crippen LogP contribution in [-0.2, 0) is 0 Å². The zero-order valence-corrected chi connectivity index (χ0v) is 19.7. The SMILES string of the molecule is Cc1ccccc1-n1c(SCC(O)=C(C#N)c2nc3ccccc3s2)nnc1-c1cccnc1. The minimum atomic E-state index is -0.0474. The quantitative estimate of drug-likeness (QED) is 0.184. The Kier molecular flexibility index (Phi) is 6.08. The van der Waals surface area contributed by atoms with E-state index >= 15 is 0 Å². The Morgan fingerprint density at radius 3 is 2.68 bits per heavy atom. The third kappa shape index (κ3) is 4.17. The highest BCUT2D eigenvalue weighted by Crippen LogP contribution is 2.32. The van der Waals surface area contributed by atoms with Crippen LogP contribution < -0.4 is 0 Å². The predicted octanol–water partition coefficient (Wildman–Crippen LogP) is 5.83. The number of rotatable bonds is 6. The third-order valence-corrected chi connectivity index (χ3v) is 7.15. The first-order valence-corrected chi connectivity index (χ1v) is 12.2. The molecule has 3 aromatic heterocycles. The highest BCUT2D eigenvalue weighted by molar-refractivity contribution is 7.99. The Morgan fingerprint density at radius 2 is 1.91 bits per heavy atom. The second-order valence-corrected chi connectivity index (χ2v) is 9.35. The average molecular weight is 483 g/mol. The molecule has 0 amide bonds. The molecule has 0 spiro atoms. The van der Waals surface area contributed by atoms with E-state index in [1.807, 2.05) is 72.2 Å². The smallest absolute Gasteiger partial charge is 0.196 e. The molecule has 9 heteroatoms. The van der Waals surface area contributed by atoms with E-state index < -0.39 is 0 Å². The molecule has 166 valence electrons. The van der Waals surface area contributed by atoms with Crippen LogP contribution >= 0.6 is 23.1 Å². The van der Waals surface area contributed by atoms with E-state index in [0.717, 1.165) is 27.0 Å². The lowest BCUT2D eigenvalue weighted by Crippen LogP contribution is -2.03. The molecule has 7 nitrogen and oxygen atoms in total. The molecular weight excluding hydrogens is 464 g/mol. The van der Waals surface area contributed by atoms with Crippen molar-refractivity contribution in [2.75, 3.05) is 5.75 Å². The van der Waals surface area contributed by atoms with Gasteiger partial charge in [-0.2, -0.15) is 5.26 Å². The Morgan fingerprint density at radius 1 is 1.09 bits per heavy atom. The molecular formula is C25H18N6OS2. The summed E-state index contributed by atoms with van der Waals surface area (Å²) in [5, 5.41) is 30.5. The zero-order chi connectivity index (χ0) is 23.5. The summed E-state index contributed by atoms with van der Waals surface area (Å²) < 4.78 is 2.92. The van der Waals surface area contributed by atoms with Gasteiger partial charge in [0.1, 0.15) is 22.4 Å². The second-order valence-electron chi connectivity index (χ2n) is 7.38. The van der Waals surface area contributed by atoms with E-state index in [0.29, 0.717) is 16.0 Å². The molecule has 5 aromatic rings. The van der Waals surface area contributed by atoms with Crippen LogP contribution in [0.1, 0.15) is 10.6 Å².